The number of amides is 2. The van der Waals surface area contributed by atoms with E-state index in [0.717, 1.165) is 24.8 Å². The molecule has 7 atom stereocenters. The molecule has 0 aromatic rings. The van der Waals surface area contributed by atoms with Gasteiger partial charge in [-0.2, -0.15) is 0 Å². The SMILES string of the molecule is CNC(=O)N1CC23CC[C@H]4[C@@H](CCC5=CC(=O)C=C[C@]54C)[C@@H]2CC[C@@H]3[C@@H]1C. The second kappa shape index (κ2) is 5.71. The lowest BCUT2D eigenvalue weighted by Gasteiger charge is -2.56. The van der Waals surface area contributed by atoms with Gasteiger partial charge in [0.15, 0.2) is 5.78 Å². The molecule has 1 aliphatic heterocycles. The van der Waals surface area contributed by atoms with E-state index in [0.29, 0.717) is 23.3 Å². The number of allylic oxidation sites excluding steroid dienone is 4. The van der Waals surface area contributed by atoms with Crippen LogP contribution in [-0.4, -0.2) is 36.3 Å². The molecule has 0 aromatic heterocycles. The fraction of sp³-hybridized carbons (Fsp3) is 0.739. The number of urea groups is 1. The molecular weight excluding hydrogens is 336 g/mol. The molecule has 1 heterocycles. The lowest BCUT2D eigenvalue weighted by molar-refractivity contribution is -0.111. The van der Waals surface area contributed by atoms with E-state index in [9.17, 15) is 9.59 Å². The zero-order valence-electron chi connectivity index (χ0n) is 16.8. The van der Waals surface area contributed by atoms with Crippen LogP contribution in [0.4, 0.5) is 4.79 Å². The van der Waals surface area contributed by atoms with E-state index < -0.39 is 0 Å². The molecule has 27 heavy (non-hydrogen) atoms. The van der Waals surface area contributed by atoms with Crippen LogP contribution < -0.4 is 5.32 Å². The van der Waals surface area contributed by atoms with Crippen molar-refractivity contribution in [3.05, 3.63) is 23.8 Å². The minimum atomic E-state index is 0.0707. The zero-order chi connectivity index (χ0) is 19.0. The van der Waals surface area contributed by atoms with E-state index in [1.165, 1.54) is 37.7 Å². The minimum Gasteiger partial charge on any atom is -0.341 e. The molecule has 1 N–H and O–H groups in total. The smallest absolute Gasteiger partial charge is 0.317 e. The molecule has 4 fully saturated rings. The Balaban J connectivity index is 1.47. The highest BCUT2D eigenvalue weighted by Crippen LogP contribution is 2.68. The van der Waals surface area contributed by atoms with E-state index in [1.807, 2.05) is 6.08 Å². The molecule has 0 aromatic carbocycles. The quantitative estimate of drug-likeness (QED) is 0.704. The number of hydrogen-bond acceptors (Lipinski definition) is 2. The van der Waals surface area contributed by atoms with Crippen LogP contribution in [0.15, 0.2) is 23.8 Å². The van der Waals surface area contributed by atoms with E-state index in [2.05, 4.69) is 30.1 Å². The number of hydrogen-bond donors (Lipinski definition) is 1. The molecule has 146 valence electrons. The molecule has 4 heteroatoms. The fourth-order valence-electron chi connectivity index (χ4n) is 8.16. The first-order valence-electron chi connectivity index (χ1n) is 10.8. The number of rotatable bonds is 0. The average Bonchev–Trinajstić information content (AvgIpc) is 3.16. The summed E-state index contributed by atoms with van der Waals surface area (Å²) >= 11 is 0. The van der Waals surface area contributed by atoms with Gasteiger partial charge in [0.1, 0.15) is 0 Å². The summed E-state index contributed by atoms with van der Waals surface area (Å²) in [7, 11) is 1.75. The summed E-state index contributed by atoms with van der Waals surface area (Å²) in [6.07, 6.45) is 13.3. The van der Waals surface area contributed by atoms with Gasteiger partial charge in [-0.1, -0.05) is 18.6 Å². The Labute approximate surface area is 162 Å². The van der Waals surface area contributed by atoms with Gasteiger partial charge in [0.05, 0.1) is 0 Å². The molecule has 4 aliphatic carbocycles. The van der Waals surface area contributed by atoms with Gasteiger partial charge in [-0.3, -0.25) is 4.79 Å². The first-order valence-corrected chi connectivity index (χ1v) is 10.8. The maximum absolute atomic E-state index is 12.4. The summed E-state index contributed by atoms with van der Waals surface area (Å²) in [5, 5.41) is 2.86. The maximum Gasteiger partial charge on any atom is 0.317 e. The lowest BCUT2D eigenvalue weighted by atomic mass is 9.47. The number of fused-ring (bicyclic) bond motifs is 4. The molecule has 2 amide bonds. The molecule has 5 aliphatic rings. The first-order chi connectivity index (χ1) is 12.9. The second-order valence-electron chi connectivity index (χ2n) is 9.98. The standard InChI is InChI=1S/C23H32N2O2/c1-14-18-6-7-20-17-5-4-15-12-16(26)8-10-22(15,2)19(17)9-11-23(18,20)13-25(14)21(27)24-3/h8,10,12,14,17-20H,4-7,9,11,13H2,1-3H3,(H,24,27)/t14-,17+,18+,19-,20-,22+,23?/m0/s1. The zero-order valence-corrected chi connectivity index (χ0v) is 16.8. The Morgan fingerprint density at radius 1 is 1.19 bits per heavy atom. The van der Waals surface area contributed by atoms with E-state index >= 15 is 0 Å². The first kappa shape index (κ1) is 17.5. The van der Waals surface area contributed by atoms with E-state index in [4.69, 9.17) is 0 Å². The third-order valence-electron chi connectivity index (χ3n) is 9.35. The topological polar surface area (TPSA) is 49.4 Å². The van der Waals surface area contributed by atoms with Crippen molar-refractivity contribution < 1.29 is 9.59 Å². The van der Waals surface area contributed by atoms with Gasteiger partial charge >= 0.3 is 6.03 Å². The molecule has 1 saturated heterocycles. The summed E-state index contributed by atoms with van der Waals surface area (Å²) in [5.41, 5.74) is 1.77. The minimum absolute atomic E-state index is 0.0707. The number of nitrogens with zero attached hydrogens (tertiary/aromatic N) is 1. The van der Waals surface area contributed by atoms with E-state index in [1.54, 1.807) is 13.1 Å². The van der Waals surface area contributed by atoms with Crippen molar-refractivity contribution in [1.29, 1.82) is 0 Å². The second-order valence-corrected chi connectivity index (χ2v) is 9.98. The number of carbonyl (C=O) groups excluding carboxylic acids is 2. The van der Waals surface area contributed by atoms with E-state index in [-0.39, 0.29) is 17.2 Å². The maximum atomic E-state index is 12.4. The molecule has 1 unspecified atom stereocenters. The molecular formula is C23H32N2O2. The van der Waals surface area contributed by atoms with Crippen LogP contribution in [-0.2, 0) is 4.79 Å². The number of carbonyl (C=O) groups is 2. The number of ketones is 1. The number of nitrogens with one attached hydrogen (secondary N) is 1. The monoisotopic (exact) mass is 368 g/mol. The predicted molar refractivity (Wildman–Crippen MR) is 105 cm³/mol. The molecule has 5 rings (SSSR count). The fourth-order valence-corrected chi connectivity index (χ4v) is 8.16. The largest absolute Gasteiger partial charge is 0.341 e. The van der Waals surface area contributed by atoms with Crippen molar-refractivity contribution in [3.8, 4) is 0 Å². The van der Waals surface area contributed by atoms with Gasteiger partial charge in [-0.15, -0.1) is 0 Å². The summed E-state index contributed by atoms with van der Waals surface area (Å²) in [6, 6.07) is 0.454. The van der Waals surface area contributed by atoms with Gasteiger partial charge in [-0.05, 0) is 86.7 Å². The lowest BCUT2D eigenvalue weighted by Crippen LogP contribution is -2.51. The third kappa shape index (κ3) is 2.16. The Morgan fingerprint density at radius 2 is 1.96 bits per heavy atom. The van der Waals surface area contributed by atoms with Gasteiger partial charge in [-0.25, -0.2) is 4.79 Å². The molecule has 4 nitrogen and oxygen atoms in total. The van der Waals surface area contributed by atoms with Crippen molar-refractivity contribution in [2.45, 2.75) is 58.4 Å². The van der Waals surface area contributed by atoms with Crippen molar-refractivity contribution in [3.63, 3.8) is 0 Å². The Hall–Kier alpha value is -1.58. The Bertz CT molecular complexity index is 755. The van der Waals surface area contributed by atoms with Crippen molar-refractivity contribution in [2.24, 2.45) is 34.5 Å². The Kier molecular flexibility index (Phi) is 3.71. The van der Waals surface area contributed by atoms with Gasteiger partial charge in [0.25, 0.3) is 0 Å². The van der Waals surface area contributed by atoms with Crippen LogP contribution in [0.3, 0.4) is 0 Å². The van der Waals surface area contributed by atoms with Gasteiger partial charge in [0, 0.05) is 25.0 Å². The summed E-state index contributed by atoms with van der Waals surface area (Å²) < 4.78 is 0. The van der Waals surface area contributed by atoms with Crippen molar-refractivity contribution in [2.75, 3.05) is 13.6 Å². The van der Waals surface area contributed by atoms with Gasteiger partial charge in [0.2, 0.25) is 0 Å². The van der Waals surface area contributed by atoms with Crippen LogP contribution in [0, 0.1) is 34.5 Å². The van der Waals surface area contributed by atoms with Crippen molar-refractivity contribution in [1.82, 2.24) is 10.2 Å². The van der Waals surface area contributed by atoms with Crippen LogP contribution in [0.5, 0.6) is 0 Å². The van der Waals surface area contributed by atoms with Crippen LogP contribution >= 0.6 is 0 Å². The highest BCUT2D eigenvalue weighted by atomic mass is 16.2. The number of likely N-dealkylation sites (tertiary alicyclic amines) is 1. The molecule has 3 saturated carbocycles. The predicted octanol–water partition coefficient (Wildman–Crippen LogP) is 3.93. The average molecular weight is 369 g/mol. The van der Waals surface area contributed by atoms with Crippen LogP contribution in [0.1, 0.15) is 52.4 Å². The van der Waals surface area contributed by atoms with Crippen molar-refractivity contribution >= 4 is 11.8 Å². The third-order valence-corrected chi connectivity index (χ3v) is 9.35. The summed E-state index contributed by atoms with van der Waals surface area (Å²) in [5.74, 6) is 2.96. The van der Waals surface area contributed by atoms with Gasteiger partial charge < -0.3 is 10.2 Å². The summed E-state index contributed by atoms with van der Waals surface area (Å²) in [4.78, 5) is 26.5. The Morgan fingerprint density at radius 3 is 2.74 bits per heavy atom. The molecule has 1 spiro atoms. The van der Waals surface area contributed by atoms with Crippen LogP contribution in [0.25, 0.3) is 0 Å². The highest BCUT2D eigenvalue weighted by Gasteiger charge is 2.65. The summed E-state index contributed by atoms with van der Waals surface area (Å²) in [6.45, 7) is 5.58. The highest BCUT2D eigenvalue weighted by molar-refractivity contribution is 6.01. The van der Waals surface area contributed by atoms with Crippen LogP contribution in [0.2, 0.25) is 0 Å². The normalized spacial score (nSPS) is 47.7. The molecule has 0 bridgehead atoms. The molecule has 0 radical (unpaired) electrons.